The minimum Gasteiger partial charge on any atom is -0.374 e. The molecule has 4 N–H and O–H groups in total. The molecule has 0 radical (unpaired) electrons. The average Bonchev–Trinajstić information content (AvgIpc) is 2.76. The number of nitrogens with two attached hydrogens (primary N) is 1. The van der Waals surface area contributed by atoms with Gasteiger partial charge in [0.05, 0.1) is 0 Å². The van der Waals surface area contributed by atoms with E-state index in [9.17, 15) is 9.59 Å². The lowest BCUT2D eigenvalue weighted by atomic mass is 9.89. The van der Waals surface area contributed by atoms with Crippen LogP contribution in [-0.2, 0) is 9.59 Å². The highest BCUT2D eigenvalue weighted by Gasteiger charge is 2.26. The highest BCUT2D eigenvalue weighted by Crippen LogP contribution is 2.29. The van der Waals surface area contributed by atoms with Gasteiger partial charge < -0.3 is 16.0 Å². The number of likely N-dealkylation sites (tertiary alicyclic amines) is 1. The van der Waals surface area contributed by atoms with E-state index in [-0.39, 0.29) is 17.9 Å². The second-order valence-electron chi connectivity index (χ2n) is 8.80. The smallest absolute Gasteiger partial charge is 0.249 e. The van der Waals surface area contributed by atoms with Crippen LogP contribution in [0, 0.1) is 0 Å². The zero-order valence-electron chi connectivity index (χ0n) is 18.2. The van der Waals surface area contributed by atoms with Gasteiger partial charge in [0, 0.05) is 12.1 Å². The first-order valence-corrected chi connectivity index (χ1v) is 11.8. The molecule has 0 saturated carbocycles. The van der Waals surface area contributed by atoms with Crippen LogP contribution in [-0.4, -0.2) is 48.9 Å². The Morgan fingerprint density at radius 3 is 2.27 bits per heavy atom. The quantitative estimate of drug-likeness (QED) is 0.382. The number of amides is 2. The normalized spacial score (nSPS) is 20.9. The van der Waals surface area contributed by atoms with Crippen molar-refractivity contribution in [2.45, 2.75) is 76.2 Å². The molecule has 6 heteroatoms. The van der Waals surface area contributed by atoms with Crippen LogP contribution < -0.4 is 16.4 Å². The Kier molecular flexibility index (Phi) is 9.15. The Labute approximate surface area is 181 Å². The molecule has 30 heavy (non-hydrogen) atoms. The molecule has 2 heterocycles. The van der Waals surface area contributed by atoms with E-state index in [0.29, 0.717) is 18.8 Å². The number of hydrogen-bond acceptors (Lipinski definition) is 5. The van der Waals surface area contributed by atoms with Gasteiger partial charge in [0.1, 0.15) is 6.04 Å². The summed E-state index contributed by atoms with van der Waals surface area (Å²) in [6, 6.07) is 8.19. The SMILES string of the molecule is NCCCCCCCCN1CCC(c2ccc(NC3CCC(=O)NC3=O)cc2)CC1. The first-order valence-electron chi connectivity index (χ1n) is 11.8. The predicted octanol–water partition coefficient (Wildman–Crippen LogP) is 3.38. The minimum absolute atomic E-state index is 0.178. The van der Waals surface area contributed by atoms with E-state index >= 15 is 0 Å². The summed E-state index contributed by atoms with van der Waals surface area (Å²) < 4.78 is 0. The van der Waals surface area contributed by atoms with Crippen molar-refractivity contribution in [3.8, 4) is 0 Å². The molecule has 3 rings (SSSR count). The fraction of sp³-hybridized carbons (Fsp3) is 0.667. The summed E-state index contributed by atoms with van der Waals surface area (Å²) >= 11 is 0. The average molecular weight is 415 g/mol. The predicted molar refractivity (Wildman–Crippen MR) is 121 cm³/mol. The molecule has 2 saturated heterocycles. The summed E-state index contributed by atoms with van der Waals surface area (Å²) in [5.74, 6) is 0.225. The van der Waals surface area contributed by atoms with Gasteiger partial charge in [-0.15, -0.1) is 0 Å². The molecule has 0 bridgehead atoms. The summed E-state index contributed by atoms with van der Waals surface area (Å²) in [6.07, 6.45) is 11.2. The maximum Gasteiger partial charge on any atom is 0.249 e. The zero-order chi connectivity index (χ0) is 21.2. The van der Waals surface area contributed by atoms with Crippen molar-refractivity contribution in [2.24, 2.45) is 5.73 Å². The molecule has 2 aliphatic heterocycles. The highest BCUT2D eigenvalue weighted by atomic mass is 16.2. The van der Waals surface area contributed by atoms with Crippen molar-refractivity contribution in [1.82, 2.24) is 10.2 Å². The number of hydrogen-bond donors (Lipinski definition) is 3. The van der Waals surface area contributed by atoms with E-state index in [1.165, 1.54) is 76.6 Å². The molecule has 6 nitrogen and oxygen atoms in total. The lowest BCUT2D eigenvalue weighted by Crippen LogP contribution is -2.47. The Morgan fingerprint density at radius 1 is 0.933 bits per heavy atom. The Hall–Kier alpha value is -1.92. The summed E-state index contributed by atoms with van der Waals surface area (Å²) in [5.41, 5.74) is 7.87. The molecule has 1 atom stereocenters. The molecule has 166 valence electrons. The number of nitrogens with one attached hydrogen (secondary N) is 2. The first-order chi connectivity index (χ1) is 14.7. The second-order valence-corrected chi connectivity index (χ2v) is 8.80. The summed E-state index contributed by atoms with van der Waals surface area (Å²) in [6.45, 7) is 4.44. The topological polar surface area (TPSA) is 87.5 Å². The van der Waals surface area contributed by atoms with Crippen LogP contribution in [0.3, 0.4) is 0 Å². The lowest BCUT2D eigenvalue weighted by molar-refractivity contribution is -0.133. The number of anilines is 1. The molecule has 1 unspecified atom stereocenters. The molecular formula is C24H38N4O2. The number of carbonyl (C=O) groups is 2. The van der Waals surface area contributed by atoms with E-state index in [1.807, 2.05) is 0 Å². The standard InChI is InChI=1S/C24H38N4O2/c25-15-5-3-1-2-4-6-16-28-17-13-20(14-18-28)19-7-9-21(10-8-19)26-22-11-12-23(29)27-24(22)30/h7-10,20,22,26H,1-6,11-18,25H2,(H,27,29,30). The summed E-state index contributed by atoms with van der Waals surface area (Å²) in [7, 11) is 0. The van der Waals surface area contributed by atoms with Crippen molar-refractivity contribution in [2.75, 3.05) is 31.5 Å². The van der Waals surface area contributed by atoms with E-state index < -0.39 is 0 Å². The van der Waals surface area contributed by atoms with E-state index in [2.05, 4.69) is 39.8 Å². The van der Waals surface area contributed by atoms with Gasteiger partial charge in [-0.25, -0.2) is 0 Å². The fourth-order valence-electron chi connectivity index (χ4n) is 4.56. The lowest BCUT2D eigenvalue weighted by Gasteiger charge is -2.32. The van der Waals surface area contributed by atoms with Crippen LogP contribution >= 0.6 is 0 Å². The molecule has 1 aromatic rings. The Bertz CT molecular complexity index is 668. The fourth-order valence-corrected chi connectivity index (χ4v) is 4.56. The Morgan fingerprint density at radius 2 is 1.60 bits per heavy atom. The molecule has 0 spiro atoms. The van der Waals surface area contributed by atoms with Gasteiger partial charge in [-0.1, -0.05) is 37.8 Å². The summed E-state index contributed by atoms with van der Waals surface area (Å²) in [5, 5.41) is 5.65. The zero-order valence-corrected chi connectivity index (χ0v) is 18.2. The third-order valence-electron chi connectivity index (χ3n) is 6.48. The van der Waals surface area contributed by atoms with Crippen molar-refractivity contribution in [3.05, 3.63) is 29.8 Å². The number of benzene rings is 1. The summed E-state index contributed by atoms with van der Waals surface area (Å²) in [4.78, 5) is 25.8. The van der Waals surface area contributed by atoms with Crippen LogP contribution in [0.25, 0.3) is 0 Å². The molecule has 0 aromatic heterocycles. The van der Waals surface area contributed by atoms with E-state index in [4.69, 9.17) is 5.73 Å². The van der Waals surface area contributed by atoms with Gasteiger partial charge in [-0.3, -0.25) is 14.9 Å². The number of nitrogens with zero attached hydrogens (tertiary/aromatic N) is 1. The van der Waals surface area contributed by atoms with Crippen LogP contribution in [0.1, 0.15) is 75.7 Å². The van der Waals surface area contributed by atoms with Crippen LogP contribution in [0.5, 0.6) is 0 Å². The van der Waals surface area contributed by atoms with Gasteiger partial charge in [-0.05, 0) is 81.9 Å². The number of rotatable bonds is 11. The third-order valence-corrected chi connectivity index (χ3v) is 6.48. The van der Waals surface area contributed by atoms with Crippen LogP contribution in [0.4, 0.5) is 5.69 Å². The highest BCUT2D eigenvalue weighted by molar-refractivity contribution is 6.01. The third kappa shape index (κ3) is 7.10. The van der Waals surface area contributed by atoms with Gasteiger partial charge in [-0.2, -0.15) is 0 Å². The molecular weight excluding hydrogens is 376 g/mol. The van der Waals surface area contributed by atoms with Crippen molar-refractivity contribution in [1.29, 1.82) is 0 Å². The maximum absolute atomic E-state index is 11.9. The van der Waals surface area contributed by atoms with E-state index in [1.54, 1.807) is 0 Å². The van der Waals surface area contributed by atoms with Gasteiger partial charge in [0.25, 0.3) is 0 Å². The molecule has 2 amide bonds. The molecule has 2 aliphatic rings. The van der Waals surface area contributed by atoms with Crippen LogP contribution in [0.2, 0.25) is 0 Å². The molecule has 1 aromatic carbocycles. The van der Waals surface area contributed by atoms with Crippen molar-refractivity contribution >= 4 is 17.5 Å². The second kappa shape index (κ2) is 12.1. The first kappa shape index (κ1) is 22.8. The van der Waals surface area contributed by atoms with E-state index in [0.717, 1.165) is 12.2 Å². The van der Waals surface area contributed by atoms with Crippen molar-refractivity contribution in [3.63, 3.8) is 0 Å². The van der Waals surface area contributed by atoms with Gasteiger partial charge in [0.15, 0.2) is 0 Å². The van der Waals surface area contributed by atoms with Gasteiger partial charge >= 0.3 is 0 Å². The maximum atomic E-state index is 11.9. The number of imide groups is 1. The Balaban J connectivity index is 1.34. The molecule has 0 aliphatic carbocycles. The largest absolute Gasteiger partial charge is 0.374 e. The van der Waals surface area contributed by atoms with Crippen molar-refractivity contribution < 1.29 is 9.59 Å². The molecule has 2 fully saturated rings. The number of carbonyl (C=O) groups excluding carboxylic acids is 2. The number of unbranched alkanes of at least 4 members (excludes halogenated alkanes) is 5. The number of piperidine rings is 2. The minimum atomic E-state index is -0.322. The monoisotopic (exact) mass is 414 g/mol. The van der Waals surface area contributed by atoms with Gasteiger partial charge in [0.2, 0.25) is 11.8 Å². The van der Waals surface area contributed by atoms with Crippen LogP contribution in [0.15, 0.2) is 24.3 Å².